The number of carbonyl (C=O) groups excluding carboxylic acids is 1. The summed E-state index contributed by atoms with van der Waals surface area (Å²) in [6, 6.07) is 24.5. The molecule has 0 fully saturated rings. The zero-order valence-electron chi connectivity index (χ0n) is 22.0. The molecule has 1 amide bonds. The molecule has 1 unspecified atom stereocenters. The van der Waals surface area contributed by atoms with E-state index in [-0.39, 0.29) is 11.9 Å². The highest BCUT2D eigenvalue weighted by molar-refractivity contribution is 5.94. The molecule has 7 nitrogen and oxygen atoms in total. The van der Waals surface area contributed by atoms with Gasteiger partial charge in [-0.15, -0.1) is 0 Å². The van der Waals surface area contributed by atoms with Crippen LogP contribution in [0.3, 0.4) is 0 Å². The van der Waals surface area contributed by atoms with E-state index in [9.17, 15) is 4.79 Å². The molecule has 0 N–H and O–H groups in total. The van der Waals surface area contributed by atoms with Crippen LogP contribution in [0.5, 0.6) is 23.1 Å². The van der Waals surface area contributed by atoms with Crippen molar-refractivity contribution in [1.29, 1.82) is 0 Å². The second kappa shape index (κ2) is 11.6. The van der Waals surface area contributed by atoms with E-state index in [2.05, 4.69) is 13.8 Å². The zero-order valence-corrected chi connectivity index (χ0v) is 22.0. The molecule has 0 saturated heterocycles. The maximum absolute atomic E-state index is 13.7. The second-order valence-electron chi connectivity index (χ2n) is 8.82. The van der Waals surface area contributed by atoms with E-state index in [4.69, 9.17) is 19.3 Å². The third-order valence-corrected chi connectivity index (χ3v) is 6.44. The van der Waals surface area contributed by atoms with Crippen molar-refractivity contribution in [3.63, 3.8) is 0 Å². The number of rotatable bonds is 10. The van der Waals surface area contributed by atoms with Gasteiger partial charge in [0, 0.05) is 11.6 Å². The van der Waals surface area contributed by atoms with Crippen molar-refractivity contribution in [2.75, 3.05) is 14.2 Å². The monoisotopic (exact) mass is 499 g/mol. The summed E-state index contributed by atoms with van der Waals surface area (Å²) >= 11 is 0. The maximum Gasteiger partial charge on any atom is 0.254 e. The molecule has 0 radical (unpaired) electrons. The Balaban J connectivity index is 1.77. The Morgan fingerprint density at radius 3 is 2.24 bits per heavy atom. The van der Waals surface area contributed by atoms with Gasteiger partial charge in [-0.2, -0.15) is 5.10 Å². The molecule has 7 heteroatoms. The average molecular weight is 500 g/mol. The number of aryl methyl sites for hydroxylation is 1. The van der Waals surface area contributed by atoms with Gasteiger partial charge >= 0.3 is 0 Å². The molecule has 192 valence electrons. The van der Waals surface area contributed by atoms with Crippen LogP contribution < -0.4 is 14.2 Å². The zero-order chi connectivity index (χ0) is 26.4. The van der Waals surface area contributed by atoms with Crippen LogP contribution in [0.1, 0.15) is 41.9 Å². The lowest BCUT2D eigenvalue weighted by Crippen LogP contribution is -2.38. The highest BCUT2D eigenvalue weighted by Crippen LogP contribution is 2.33. The lowest BCUT2D eigenvalue weighted by Gasteiger charge is -2.29. The van der Waals surface area contributed by atoms with Crippen molar-refractivity contribution in [2.45, 2.75) is 39.8 Å². The van der Waals surface area contributed by atoms with Crippen molar-refractivity contribution in [1.82, 2.24) is 14.7 Å². The number of aromatic nitrogens is 2. The molecule has 1 aromatic heterocycles. The molecule has 0 aliphatic heterocycles. The van der Waals surface area contributed by atoms with E-state index in [0.717, 1.165) is 29.1 Å². The molecule has 1 heterocycles. The molecule has 0 spiro atoms. The van der Waals surface area contributed by atoms with Crippen LogP contribution >= 0.6 is 0 Å². The van der Waals surface area contributed by atoms with Gasteiger partial charge in [0.1, 0.15) is 17.2 Å². The Morgan fingerprint density at radius 1 is 0.919 bits per heavy atom. The fourth-order valence-electron chi connectivity index (χ4n) is 4.07. The van der Waals surface area contributed by atoms with E-state index in [1.807, 2.05) is 84.6 Å². The molecule has 0 bridgehead atoms. The summed E-state index contributed by atoms with van der Waals surface area (Å²) in [5, 5.41) is 4.82. The predicted molar refractivity (Wildman–Crippen MR) is 144 cm³/mol. The summed E-state index contributed by atoms with van der Waals surface area (Å²) in [5.41, 5.74) is 3.08. The Bertz CT molecular complexity index is 1330. The van der Waals surface area contributed by atoms with Gasteiger partial charge in [0.25, 0.3) is 5.91 Å². The highest BCUT2D eigenvalue weighted by atomic mass is 16.5. The minimum atomic E-state index is -0.0736. The smallest absolute Gasteiger partial charge is 0.254 e. The number of hydrogen-bond acceptors (Lipinski definition) is 5. The fraction of sp³-hybridized carbons (Fsp3) is 0.267. The Labute approximate surface area is 218 Å². The van der Waals surface area contributed by atoms with Crippen LogP contribution in [-0.4, -0.2) is 40.8 Å². The predicted octanol–water partition coefficient (Wildman–Crippen LogP) is 6.43. The molecular formula is C30H33N3O4. The summed E-state index contributed by atoms with van der Waals surface area (Å²) in [6.45, 7) is 6.42. The number of amides is 1. The van der Waals surface area contributed by atoms with E-state index in [0.29, 0.717) is 29.5 Å². The average Bonchev–Trinajstić information content (AvgIpc) is 3.25. The third kappa shape index (κ3) is 5.77. The first-order valence-corrected chi connectivity index (χ1v) is 12.4. The first kappa shape index (κ1) is 25.8. The molecule has 0 aliphatic rings. The molecule has 37 heavy (non-hydrogen) atoms. The van der Waals surface area contributed by atoms with Crippen molar-refractivity contribution >= 4 is 5.91 Å². The number of methoxy groups -OCH3 is 2. The molecule has 0 saturated carbocycles. The molecule has 0 aliphatic carbocycles. The van der Waals surface area contributed by atoms with E-state index >= 15 is 0 Å². The minimum Gasteiger partial charge on any atom is -0.497 e. The maximum atomic E-state index is 13.7. The van der Waals surface area contributed by atoms with Crippen molar-refractivity contribution in [3.8, 4) is 28.8 Å². The van der Waals surface area contributed by atoms with Gasteiger partial charge in [0.15, 0.2) is 0 Å². The number of hydrogen-bond donors (Lipinski definition) is 0. The lowest BCUT2D eigenvalue weighted by atomic mass is 10.1. The Morgan fingerprint density at radius 2 is 1.59 bits per heavy atom. The number of ether oxygens (including phenoxy) is 3. The van der Waals surface area contributed by atoms with E-state index < -0.39 is 0 Å². The van der Waals surface area contributed by atoms with Crippen LogP contribution in [-0.2, 0) is 6.54 Å². The first-order chi connectivity index (χ1) is 17.9. The van der Waals surface area contributed by atoms with Gasteiger partial charge < -0.3 is 19.1 Å². The molecular weight excluding hydrogens is 466 g/mol. The highest BCUT2D eigenvalue weighted by Gasteiger charge is 2.27. The summed E-state index contributed by atoms with van der Waals surface area (Å²) in [4.78, 5) is 15.6. The first-order valence-electron chi connectivity index (χ1n) is 12.4. The topological polar surface area (TPSA) is 65.8 Å². The third-order valence-electron chi connectivity index (χ3n) is 6.44. The van der Waals surface area contributed by atoms with E-state index in [1.165, 1.54) is 0 Å². The van der Waals surface area contributed by atoms with Crippen molar-refractivity contribution in [2.24, 2.45) is 0 Å². The second-order valence-corrected chi connectivity index (χ2v) is 8.82. The van der Waals surface area contributed by atoms with Crippen LogP contribution in [0.2, 0.25) is 0 Å². The van der Waals surface area contributed by atoms with Gasteiger partial charge in [-0.25, -0.2) is 4.68 Å². The SMILES string of the molecule is CCC(C)N(Cc1c(C)nn(-c2ccccc2)c1Oc1ccc(OC)cc1)C(=O)c1cccc(OC)c1. The van der Waals surface area contributed by atoms with Gasteiger partial charge in [-0.05, 0) is 74.9 Å². The number of carbonyl (C=O) groups is 1. The number of para-hydroxylation sites is 1. The normalized spacial score (nSPS) is 11.6. The largest absolute Gasteiger partial charge is 0.497 e. The summed E-state index contributed by atoms with van der Waals surface area (Å²) in [6.07, 6.45) is 0.802. The number of benzene rings is 3. The molecule has 3 aromatic carbocycles. The fourth-order valence-corrected chi connectivity index (χ4v) is 4.07. The van der Waals surface area contributed by atoms with Crippen LogP contribution in [0.4, 0.5) is 0 Å². The standard InChI is InChI=1S/C30H33N3O4/c1-6-21(2)32(29(34)23-11-10-14-27(19-23)36-5)20-28-22(3)31-33(24-12-8-7-9-13-24)30(28)37-26-17-15-25(35-4)16-18-26/h7-19,21H,6,20H2,1-5H3. The van der Waals surface area contributed by atoms with E-state index in [1.54, 1.807) is 25.0 Å². The van der Waals surface area contributed by atoms with Gasteiger partial charge in [0.2, 0.25) is 5.88 Å². The van der Waals surface area contributed by atoms with Crippen LogP contribution in [0, 0.1) is 6.92 Å². The van der Waals surface area contributed by atoms with Crippen molar-refractivity contribution < 1.29 is 19.0 Å². The lowest BCUT2D eigenvalue weighted by molar-refractivity contribution is 0.0669. The molecule has 1 atom stereocenters. The quantitative estimate of drug-likeness (QED) is 0.252. The summed E-state index contributed by atoms with van der Waals surface area (Å²) < 4.78 is 18.9. The van der Waals surface area contributed by atoms with Gasteiger partial charge in [-0.1, -0.05) is 31.2 Å². The summed E-state index contributed by atoms with van der Waals surface area (Å²) in [5.74, 6) is 2.53. The molecule has 4 rings (SSSR count). The molecule has 4 aromatic rings. The summed E-state index contributed by atoms with van der Waals surface area (Å²) in [7, 11) is 3.23. The van der Waals surface area contributed by atoms with Gasteiger partial charge in [-0.3, -0.25) is 4.79 Å². The van der Waals surface area contributed by atoms with Crippen LogP contribution in [0.25, 0.3) is 5.69 Å². The number of nitrogens with zero attached hydrogens (tertiary/aromatic N) is 3. The Kier molecular flexibility index (Phi) is 8.13. The minimum absolute atomic E-state index is 0.00740. The van der Waals surface area contributed by atoms with Crippen LogP contribution in [0.15, 0.2) is 78.9 Å². The Hall–Kier alpha value is -4.26. The van der Waals surface area contributed by atoms with Gasteiger partial charge in [0.05, 0.1) is 37.7 Å². The van der Waals surface area contributed by atoms with Crippen molar-refractivity contribution in [3.05, 3.63) is 95.7 Å².